The molecule has 0 aliphatic heterocycles. The lowest BCUT2D eigenvalue weighted by molar-refractivity contribution is -0.144. The molecule has 0 amide bonds. The van der Waals surface area contributed by atoms with E-state index < -0.39 is 12.3 Å². The summed E-state index contributed by atoms with van der Waals surface area (Å²) in [6.07, 6.45) is -1.95. The van der Waals surface area contributed by atoms with Crippen molar-refractivity contribution in [3.8, 4) is 0 Å². The molecule has 4 heteroatoms. The minimum absolute atomic E-state index is 0.269. The van der Waals surface area contributed by atoms with Crippen LogP contribution < -0.4 is 5.73 Å². The van der Waals surface area contributed by atoms with Gasteiger partial charge >= 0.3 is 5.97 Å². The zero-order valence-corrected chi connectivity index (χ0v) is 5.26. The largest absolute Gasteiger partial charge is 0.466 e. The average molecular weight is 135 g/mol. The second kappa shape index (κ2) is 4.26. The fraction of sp³-hybridized carbons (Fsp3) is 0.800. The second-order valence-electron chi connectivity index (χ2n) is 1.53. The van der Waals surface area contributed by atoms with Crippen LogP contribution in [0, 0.1) is 0 Å². The number of rotatable bonds is 3. The van der Waals surface area contributed by atoms with Crippen LogP contribution in [0.1, 0.15) is 13.3 Å². The Labute approximate surface area is 53.0 Å². The molecule has 0 saturated carbocycles. The Morgan fingerprint density at radius 2 is 2.44 bits per heavy atom. The molecule has 0 saturated heterocycles. The molecule has 9 heavy (non-hydrogen) atoms. The second-order valence-corrected chi connectivity index (χ2v) is 1.53. The maximum atomic E-state index is 11.8. The van der Waals surface area contributed by atoms with E-state index >= 15 is 0 Å². The zero-order chi connectivity index (χ0) is 7.28. The van der Waals surface area contributed by atoms with Crippen LogP contribution in [0.5, 0.6) is 0 Å². The average Bonchev–Trinajstić information content (AvgIpc) is 1.63. The molecule has 0 aliphatic carbocycles. The predicted molar refractivity (Wildman–Crippen MR) is 30.3 cm³/mol. The molecule has 0 fully saturated rings. The topological polar surface area (TPSA) is 52.3 Å². The van der Waals surface area contributed by atoms with Crippen molar-refractivity contribution in [2.24, 2.45) is 5.73 Å². The van der Waals surface area contributed by atoms with Crippen molar-refractivity contribution in [1.29, 1.82) is 0 Å². The van der Waals surface area contributed by atoms with Gasteiger partial charge in [0, 0.05) is 0 Å². The standard InChI is InChI=1S/C5H10FNO2/c1-2-9-5(8)3-4(6)7/h4H,2-3,7H2,1H3. The third-order valence-corrected chi connectivity index (χ3v) is 0.667. The monoisotopic (exact) mass is 135 g/mol. The van der Waals surface area contributed by atoms with Gasteiger partial charge in [-0.15, -0.1) is 0 Å². The van der Waals surface area contributed by atoms with Crippen LogP contribution in [-0.4, -0.2) is 18.9 Å². The molecule has 0 aromatic heterocycles. The molecule has 1 atom stereocenters. The van der Waals surface area contributed by atoms with Crippen LogP contribution >= 0.6 is 0 Å². The Balaban J connectivity index is 3.27. The fourth-order valence-corrected chi connectivity index (χ4v) is 0.379. The molecule has 0 rings (SSSR count). The summed E-state index contributed by atoms with van der Waals surface area (Å²) in [5.74, 6) is -0.590. The number of hydrogen-bond donors (Lipinski definition) is 1. The van der Waals surface area contributed by atoms with Crippen molar-refractivity contribution in [2.75, 3.05) is 6.61 Å². The highest BCUT2D eigenvalue weighted by molar-refractivity contribution is 5.69. The molecule has 54 valence electrons. The molecule has 0 aliphatic rings. The number of halogens is 1. The third-order valence-electron chi connectivity index (χ3n) is 0.667. The van der Waals surface area contributed by atoms with E-state index in [9.17, 15) is 9.18 Å². The highest BCUT2D eigenvalue weighted by Gasteiger charge is 2.06. The van der Waals surface area contributed by atoms with E-state index in [2.05, 4.69) is 10.5 Å². The van der Waals surface area contributed by atoms with E-state index in [0.717, 1.165) is 0 Å². The molecule has 0 spiro atoms. The van der Waals surface area contributed by atoms with Crippen LogP contribution in [-0.2, 0) is 9.53 Å². The quantitative estimate of drug-likeness (QED) is 0.444. The minimum atomic E-state index is -1.59. The number of alkyl halides is 1. The van der Waals surface area contributed by atoms with Gasteiger partial charge in [-0.2, -0.15) is 0 Å². The van der Waals surface area contributed by atoms with Crippen molar-refractivity contribution in [3.63, 3.8) is 0 Å². The van der Waals surface area contributed by atoms with E-state index in [4.69, 9.17) is 0 Å². The first-order valence-electron chi connectivity index (χ1n) is 2.72. The fourth-order valence-electron chi connectivity index (χ4n) is 0.379. The van der Waals surface area contributed by atoms with Crippen molar-refractivity contribution < 1.29 is 13.9 Å². The molecule has 0 heterocycles. The van der Waals surface area contributed by atoms with Crippen LogP contribution in [0.3, 0.4) is 0 Å². The number of esters is 1. The molecule has 0 aromatic carbocycles. The summed E-state index contributed by atoms with van der Waals surface area (Å²) in [7, 11) is 0. The molecule has 0 radical (unpaired) electrons. The van der Waals surface area contributed by atoms with Crippen LogP contribution in [0.25, 0.3) is 0 Å². The number of carbonyl (C=O) groups is 1. The third kappa shape index (κ3) is 5.23. The SMILES string of the molecule is CCOC(=O)CC(N)F. The van der Waals surface area contributed by atoms with E-state index in [1.165, 1.54) is 0 Å². The maximum absolute atomic E-state index is 11.8. The summed E-state index contributed by atoms with van der Waals surface area (Å²) in [5, 5.41) is 0. The van der Waals surface area contributed by atoms with E-state index in [1.807, 2.05) is 0 Å². The lowest BCUT2D eigenvalue weighted by atomic mass is 10.4. The van der Waals surface area contributed by atoms with Gasteiger partial charge in [0.25, 0.3) is 0 Å². The number of carbonyl (C=O) groups excluding carboxylic acids is 1. The Bertz CT molecular complexity index is 95.0. The van der Waals surface area contributed by atoms with Crippen molar-refractivity contribution >= 4 is 5.97 Å². The lowest BCUT2D eigenvalue weighted by Gasteiger charge is -2.00. The smallest absolute Gasteiger partial charge is 0.310 e. The first-order valence-corrected chi connectivity index (χ1v) is 2.72. The summed E-state index contributed by atoms with van der Waals surface area (Å²) in [5.41, 5.74) is 4.66. The predicted octanol–water partition coefficient (Wildman–Crippen LogP) is 0.194. The van der Waals surface area contributed by atoms with Gasteiger partial charge in [-0.05, 0) is 6.92 Å². The van der Waals surface area contributed by atoms with E-state index in [-0.39, 0.29) is 13.0 Å². The maximum Gasteiger partial charge on any atom is 0.310 e. The van der Waals surface area contributed by atoms with Crippen molar-refractivity contribution in [3.05, 3.63) is 0 Å². The number of nitrogens with two attached hydrogens (primary N) is 1. The van der Waals surface area contributed by atoms with Crippen LogP contribution in [0.4, 0.5) is 4.39 Å². The summed E-state index contributed by atoms with van der Waals surface area (Å²) >= 11 is 0. The van der Waals surface area contributed by atoms with Gasteiger partial charge in [-0.25, -0.2) is 4.39 Å². The van der Waals surface area contributed by atoms with Gasteiger partial charge in [0.15, 0.2) is 6.30 Å². The number of ether oxygens (including phenoxy) is 1. The highest BCUT2D eigenvalue weighted by atomic mass is 19.1. The van der Waals surface area contributed by atoms with E-state index in [0.29, 0.717) is 0 Å². The number of hydrogen-bond acceptors (Lipinski definition) is 3. The normalized spacial score (nSPS) is 12.8. The Morgan fingerprint density at radius 3 is 2.78 bits per heavy atom. The zero-order valence-electron chi connectivity index (χ0n) is 5.26. The molecular weight excluding hydrogens is 125 g/mol. The minimum Gasteiger partial charge on any atom is -0.466 e. The van der Waals surface area contributed by atoms with E-state index in [1.54, 1.807) is 6.92 Å². The summed E-state index contributed by atoms with van der Waals surface area (Å²) in [4.78, 5) is 10.3. The Morgan fingerprint density at radius 1 is 1.89 bits per heavy atom. The van der Waals surface area contributed by atoms with Gasteiger partial charge in [0.2, 0.25) is 0 Å². The highest BCUT2D eigenvalue weighted by Crippen LogP contribution is 1.91. The van der Waals surface area contributed by atoms with Gasteiger partial charge in [-0.1, -0.05) is 0 Å². The van der Waals surface area contributed by atoms with Crippen LogP contribution in [0.15, 0.2) is 0 Å². The molecular formula is C5H10FNO2. The Hall–Kier alpha value is -0.640. The molecule has 2 N–H and O–H groups in total. The molecule has 0 aromatic rings. The lowest BCUT2D eigenvalue weighted by Crippen LogP contribution is -2.19. The molecule has 0 bridgehead atoms. The van der Waals surface area contributed by atoms with Gasteiger partial charge in [0.1, 0.15) is 0 Å². The van der Waals surface area contributed by atoms with Gasteiger partial charge < -0.3 is 10.5 Å². The summed E-state index contributed by atoms with van der Waals surface area (Å²) in [6.45, 7) is 1.92. The first kappa shape index (κ1) is 8.36. The van der Waals surface area contributed by atoms with Crippen LogP contribution in [0.2, 0.25) is 0 Å². The molecule has 1 unspecified atom stereocenters. The van der Waals surface area contributed by atoms with Crippen molar-refractivity contribution in [1.82, 2.24) is 0 Å². The molecule has 3 nitrogen and oxygen atoms in total. The summed E-state index contributed by atoms with van der Waals surface area (Å²) in [6, 6.07) is 0. The van der Waals surface area contributed by atoms with Crippen molar-refractivity contribution in [2.45, 2.75) is 19.6 Å². The Kier molecular flexibility index (Phi) is 3.96. The van der Waals surface area contributed by atoms with Gasteiger partial charge in [-0.3, -0.25) is 4.79 Å². The first-order chi connectivity index (χ1) is 4.16. The van der Waals surface area contributed by atoms with Gasteiger partial charge in [0.05, 0.1) is 13.0 Å². The summed E-state index contributed by atoms with van der Waals surface area (Å²) < 4.78 is 16.1.